The monoisotopic (exact) mass is 278 g/mol. The van der Waals surface area contributed by atoms with E-state index in [1.165, 1.54) is 67.9 Å². The average Bonchev–Trinajstić information content (AvgIpc) is 3.13. The van der Waals surface area contributed by atoms with E-state index >= 15 is 0 Å². The van der Waals surface area contributed by atoms with Crippen molar-refractivity contribution in [2.45, 2.75) is 19.3 Å². The third-order valence-electron chi connectivity index (χ3n) is 4.82. The molecule has 0 fully saturated rings. The van der Waals surface area contributed by atoms with E-state index in [-0.39, 0.29) is 0 Å². The minimum absolute atomic E-state index is 1.18. The topological polar surface area (TPSA) is 6.48 Å². The highest BCUT2D eigenvalue weighted by Gasteiger charge is 2.20. The first-order valence-electron chi connectivity index (χ1n) is 8.07. The molecule has 0 saturated heterocycles. The van der Waals surface area contributed by atoms with Crippen molar-refractivity contribution in [3.05, 3.63) is 59.7 Å². The van der Waals surface area contributed by atoms with Gasteiger partial charge in [-0.2, -0.15) is 0 Å². The molecule has 2 aliphatic heterocycles. The summed E-state index contributed by atoms with van der Waals surface area (Å²) in [5.41, 5.74) is 5.95. The highest BCUT2D eigenvalue weighted by Crippen LogP contribution is 2.29. The molecular formula is C19H22N2. The number of hydrogen-bond donors (Lipinski definition) is 0. The lowest BCUT2D eigenvalue weighted by Gasteiger charge is -2.23. The Labute approximate surface area is 127 Å². The number of rotatable bonds is 4. The smallest absolute Gasteiger partial charge is 0.0399 e. The summed E-state index contributed by atoms with van der Waals surface area (Å²) in [5, 5.41) is 0. The Bertz CT molecular complexity index is 579. The van der Waals surface area contributed by atoms with Crippen LogP contribution in [-0.2, 0) is 12.8 Å². The SMILES string of the molecule is c1ccc2c(c1)CCN2CCCN1CCc2ccccc21. The van der Waals surface area contributed by atoms with Crippen LogP contribution in [0.1, 0.15) is 17.5 Å². The van der Waals surface area contributed by atoms with Crippen molar-refractivity contribution in [2.24, 2.45) is 0 Å². The van der Waals surface area contributed by atoms with Crippen molar-refractivity contribution in [1.29, 1.82) is 0 Å². The summed E-state index contributed by atoms with van der Waals surface area (Å²) in [5.74, 6) is 0. The highest BCUT2D eigenvalue weighted by molar-refractivity contribution is 5.59. The van der Waals surface area contributed by atoms with Gasteiger partial charge in [-0.05, 0) is 42.5 Å². The first kappa shape index (κ1) is 12.8. The molecule has 2 heterocycles. The van der Waals surface area contributed by atoms with Crippen molar-refractivity contribution in [3.8, 4) is 0 Å². The Balaban J connectivity index is 1.35. The van der Waals surface area contributed by atoms with Crippen molar-refractivity contribution < 1.29 is 0 Å². The van der Waals surface area contributed by atoms with Crippen molar-refractivity contribution in [1.82, 2.24) is 0 Å². The zero-order valence-corrected chi connectivity index (χ0v) is 12.5. The molecule has 0 N–H and O–H groups in total. The zero-order valence-electron chi connectivity index (χ0n) is 12.5. The zero-order chi connectivity index (χ0) is 14.1. The van der Waals surface area contributed by atoms with Gasteiger partial charge in [-0.15, -0.1) is 0 Å². The summed E-state index contributed by atoms with van der Waals surface area (Å²) in [4.78, 5) is 5.11. The van der Waals surface area contributed by atoms with Gasteiger partial charge in [0.05, 0.1) is 0 Å². The molecule has 0 atom stereocenters. The Morgan fingerprint density at radius 1 is 0.667 bits per heavy atom. The van der Waals surface area contributed by atoms with Crippen LogP contribution in [-0.4, -0.2) is 26.2 Å². The van der Waals surface area contributed by atoms with Gasteiger partial charge in [0.2, 0.25) is 0 Å². The molecule has 0 radical (unpaired) electrons. The normalized spacial score (nSPS) is 16.2. The van der Waals surface area contributed by atoms with Gasteiger partial charge in [0, 0.05) is 37.6 Å². The quantitative estimate of drug-likeness (QED) is 0.844. The second kappa shape index (κ2) is 5.44. The minimum atomic E-state index is 1.18. The predicted octanol–water partition coefficient (Wildman–Crippen LogP) is 3.50. The number of fused-ring (bicyclic) bond motifs is 2. The molecule has 2 aliphatic rings. The third kappa shape index (κ3) is 2.39. The molecule has 4 rings (SSSR count). The first-order chi connectivity index (χ1) is 10.4. The summed E-state index contributed by atoms with van der Waals surface area (Å²) in [6, 6.07) is 17.7. The number of anilines is 2. The van der Waals surface area contributed by atoms with E-state index in [4.69, 9.17) is 0 Å². The first-order valence-corrected chi connectivity index (χ1v) is 8.07. The highest BCUT2D eigenvalue weighted by atomic mass is 15.2. The van der Waals surface area contributed by atoms with Gasteiger partial charge < -0.3 is 9.80 Å². The number of para-hydroxylation sites is 2. The van der Waals surface area contributed by atoms with Crippen LogP contribution < -0.4 is 9.80 Å². The molecule has 0 bridgehead atoms. The Morgan fingerprint density at radius 3 is 1.67 bits per heavy atom. The second-order valence-electron chi connectivity index (χ2n) is 6.09. The van der Waals surface area contributed by atoms with Gasteiger partial charge in [-0.25, -0.2) is 0 Å². The van der Waals surface area contributed by atoms with Crippen molar-refractivity contribution >= 4 is 11.4 Å². The number of benzene rings is 2. The molecule has 21 heavy (non-hydrogen) atoms. The molecule has 0 aliphatic carbocycles. The summed E-state index contributed by atoms with van der Waals surface area (Å²) < 4.78 is 0. The summed E-state index contributed by atoms with van der Waals surface area (Å²) in [6.45, 7) is 4.73. The lowest BCUT2D eigenvalue weighted by molar-refractivity contribution is 0.717. The fourth-order valence-electron chi connectivity index (χ4n) is 3.73. The largest absolute Gasteiger partial charge is 0.371 e. The van der Waals surface area contributed by atoms with Gasteiger partial charge in [0.1, 0.15) is 0 Å². The summed E-state index contributed by atoms with van der Waals surface area (Å²) in [6.07, 6.45) is 3.66. The lowest BCUT2D eigenvalue weighted by atomic mass is 10.2. The fraction of sp³-hybridized carbons (Fsp3) is 0.368. The summed E-state index contributed by atoms with van der Waals surface area (Å²) >= 11 is 0. The van der Waals surface area contributed by atoms with Gasteiger partial charge in [-0.3, -0.25) is 0 Å². The van der Waals surface area contributed by atoms with Gasteiger partial charge >= 0.3 is 0 Å². The van der Waals surface area contributed by atoms with Crippen LogP contribution in [0.2, 0.25) is 0 Å². The van der Waals surface area contributed by atoms with E-state index in [2.05, 4.69) is 58.3 Å². The summed E-state index contributed by atoms with van der Waals surface area (Å²) in [7, 11) is 0. The Morgan fingerprint density at radius 2 is 1.14 bits per heavy atom. The molecule has 108 valence electrons. The van der Waals surface area contributed by atoms with Crippen LogP contribution in [0, 0.1) is 0 Å². The van der Waals surface area contributed by atoms with E-state index in [0.717, 1.165) is 0 Å². The maximum atomic E-state index is 2.55. The van der Waals surface area contributed by atoms with Crippen molar-refractivity contribution in [2.75, 3.05) is 36.0 Å². The molecule has 0 saturated carbocycles. The Hall–Kier alpha value is -1.96. The van der Waals surface area contributed by atoms with E-state index in [0.29, 0.717) is 0 Å². The molecule has 0 amide bonds. The molecule has 0 aromatic heterocycles. The van der Waals surface area contributed by atoms with Crippen LogP contribution in [0.5, 0.6) is 0 Å². The third-order valence-corrected chi connectivity index (χ3v) is 4.82. The standard InChI is InChI=1S/C19H22N2/c1-3-8-18-16(6-1)10-14-20(18)12-5-13-21-15-11-17-7-2-4-9-19(17)21/h1-4,6-9H,5,10-15H2. The molecule has 2 aromatic rings. The molecule has 0 unspecified atom stereocenters. The average molecular weight is 278 g/mol. The van der Waals surface area contributed by atoms with Crippen LogP contribution in [0.25, 0.3) is 0 Å². The van der Waals surface area contributed by atoms with E-state index in [9.17, 15) is 0 Å². The molecule has 2 aromatic carbocycles. The number of hydrogen-bond acceptors (Lipinski definition) is 2. The van der Waals surface area contributed by atoms with E-state index in [1.54, 1.807) is 0 Å². The Kier molecular flexibility index (Phi) is 3.30. The van der Waals surface area contributed by atoms with Gasteiger partial charge in [-0.1, -0.05) is 36.4 Å². The van der Waals surface area contributed by atoms with Gasteiger partial charge in [0.15, 0.2) is 0 Å². The fourth-order valence-corrected chi connectivity index (χ4v) is 3.73. The molecule has 0 spiro atoms. The molecule has 2 nitrogen and oxygen atoms in total. The maximum absolute atomic E-state index is 2.55. The van der Waals surface area contributed by atoms with Crippen LogP contribution in [0.15, 0.2) is 48.5 Å². The van der Waals surface area contributed by atoms with Crippen molar-refractivity contribution in [3.63, 3.8) is 0 Å². The van der Waals surface area contributed by atoms with Crippen LogP contribution in [0.4, 0.5) is 11.4 Å². The van der Waals surface area contributed by atoms with E-state index < -0.39 is 0 Å². The second-order valence-corrected chi connectivity index (χ2v) is 6.09. The van der Waals surface area contributed by atoms with E-state index in [1.807, 2.05) is 0 Å². The van der Waals surface area contributed by atoms with Crippen LogP contribution in [0.3, 0.4) is 0 Å². The predicted molar refractivity (Wildman–Crippen MR) is 89.3 cm³/mol. The van der Waals surface area contributed by atoms with Crippen LogP contribution >= 0.6 is 0 Å². The maximum Gasteiger partial charge on any atom is 0.0399 e. The number of nitrogens with zero attached hydrogens (tertiary/aromatic N) is 2. The molecule has 2 heteroatoms. The lowest BCUT2D eigenvalue weighted by Crippen LogP contribution is -2.28. The van der Waals surface area contributed by atoms with Gasteiger partial charge in [0.25, 0.3) is 0 Å². The minimum Gasteiger partial charge on any atom is -0.371 e. The molecular weight excluding hydrogens is 256 g/mol.